The van der Waals surface area contributed by atoms with Gasteiger partial charge in [0, 0.05) is 18.1 Å². The predicted octanol–water partition coefficient (Wildman–Crippen LogP) is 3.57. The molecule has 0 bridgehead atoms. The molecule has 0 aliphatic heterocycles. The summed E-state index contributed by atoms with van der Waals surface area (Å²) in [5.74, 6) is 0.524. The molecule has 1 aliphatic rings. The molecule has 106 valence electrons. The standard InChI is InChI=1S/C14H20BrNO2S/c1-11-9-13(7-8-14(11)15)19(17,18)16(2)10-12-5-3-4-6-12/h7-9,12H,3-6,10H2,1-2H3. The lowest BCUT2D eigenvalue weighted by Gasteiger charge is -2.21. The molecule has 0 unspecified atom stereocenters. The first-order chi connectivity index (χ1) is 8.91. The van der Waals surface area contributed by atoms with E-state index in [1.165, 1.54) is 17.1 Å². The van der Waals surface area contributed by atoms with Crippen LogP contribution in [0.3, 0.4) is 0 Å². The van der Waals surface area contributed by atoms with Crippen molar-refractivity contribution in [2.24, 2.45) is 5.92 Å². The summed E-state index contributed by atoms with van der Waals surface area (Å²) in [6.07, 6.45) is 4.77. The number of sulfonamides is 1. The van der Waals surface area contributed by atoms with E-state index in [1.54, 1.807) is 25.2 Å². The van der Waals surface area contributed by atoms with Crippen molar-refractivity contribution in [2.45, 2.75) is 37.5 Å². The van der Waals surface area contributed by atoms with Gasteiger partial charge in [-0.1, -0.05) is 28.8 Å². The summed E-state index contributed by atoms with van der Waals surface area (Å²) < 4.78 is 27.4. The number of aryl methyl sites for hydroxylation is 1. The SMILES string of the molecule is Cc1cc(S(=O)(=O)N(C)CC2CCCC2)ccc1Br. The van der Waals surface area contributed by atoms with Gasteiger partial charge in [-0.2, -0.15) is 0 Å². The quantitative estimate of drug-likeness (QED) is 0.836. The molecule has 0 N–H and O–H groups in total. The number of nitrogens with zero attached hydrogens (tertiary/aromatic N) is 1. The molecular formula is C14H20BrNO2S. The van der Waals surface area contributed by atoms with Crippen LogP contribution in [0.5, 0.6) is 0 Å². The van der Waals surface area contributed by atoms with Crippen molar-refractivity contribution in [3.63, 3.8) is 0 Å². The number of hydrogen-bond donors (Lipinski definition) is 0. The summed E-state index contributed by atoms with van der Waals surface area (Å²) in [5, 5.41) is 0. The fourth-order valence-corrected chi connectivity index (χ4v) is 4.19. The largest absolute Gasteiger partial charge is 0.242 e. The fourth-order valence-electron chi connectivity index (χ4n) is 2.61. The van der Waals surface area contributed by atoms with Crippen LogP contribution in [0.2, 0.25) is 0 Å². The van der Waals surface area contributed by atoms with E-state index >= 15 is 0 Å². The van der Waals surface area contributed by atoms with Crippen molar-refractivity contribution < 1.29 is 8.42 Å². The molecule has 19 heavy (non-hydrogen) atoms. The monoisotopic (exact) mass is 345 g/mol. The van der Waals surface area contributed by atoms with Gasteiger partial charge in [-0.15, -0.1) is 0 Å². The Kier molecular flexibility index (Phi) is 4.69. The van der Waals surface area contributed by atoms with Crippen molar-refractivity contribution in [3.8, 4) is 0 Å². The average Bonchev–Trinajstić information content (AvgIpc) is 2.85. The normalized spacial score (nSPS) is 17.3. The Morgan fingerprint density at radius 3 is 2.53 bits per heavy atom. The van der Waals surface area contributed by atoms with Gasteiger partial charge in [0.25, 0.3) is 0 Å². The van der Waals surface area contributed by atoms with Crippen LogP contribution in [0.25, 0.3) is 0 Å². The van der Waals surface area contributed by atoms with Crippen LogP contribution in [-0.2, 0) is 10.0 Å². The van der Waals surface area contributed by atoms with E-state index < -0.39 is 10.0 Å². The number of hydrogen-bond acceptors (Lipinski definition) is 2. The zero-order valence-corrected chi connectivity index (χ0v) is 13.8. The van der Waals surface area contributed by atoms with Crippen molar-refractivity contribution in [1.82, 2.24) is 4.31 Å². The first-order valence-corrected chi connectivity index (χ1v) is 8.87. The first kappa shape index (κ1) is 15.0. The third-order valence-corrected chi connectivity index (χ3v) is 6.54. The van der Waals surface area contributed by atoms with Gasteiger partial charge in [0.05, 0.1) is 4.90 Å². The predicted molar refractivity (Wildman–Crippen MR) is 80.7 cm³/mol. The van der Waals surface area contributed by atoms with Crippen molar-refractivity contribution in [1.29, 1.82) is 0 Å². The van der Waals surface area contributed by atoms with Gasteiger partial charge >= 0.3 is 0 Å². The van der Waals surface area contributed by atoms with Crippen LogP contribution in [-0.4, -0.2) is 26.3 Å². The lowest BCUT2D eigenvalue weighted by atomic mass is 10.1. The number of benzene rings is 1. The summed E-state index contributed by atoms with van der Waals surface area (Å²) in [5.41, 5.74) is 0.940. The minimum Gasteiger partial charge on any atom is -0.207 e. The molecule has 1 saturated carbocycles. The van der Waals surface area contributed by atoms with E-state index in [4.69, 9.17) is 0 Å². The summed E-state index contributed by atoms with van der Waals surface area (Å²) in [7, 11) is -1.67. The van der Waals surface area contributed by atoms with Crippen molar-refractivity contribution in [2.75, 3.05) is 13.6 Å². The average molecular weight is 346 g/mol. The lowest BCUT2D eigenvalue weighted by Crippen LogP contribution is -2.31. The number of halogens is 1. The molecule has 0 spiro atoms. The minimum atomic E-state index is -3.35. The van der Waals surface area contributed by atoms with E-state index in [0.717, 1.165) is 22.9 Å². The van der Waals surface area contributed by atoms with E-state index in [1.807, 2.05) is 6.92 Å². The highest BCUT2D eigenvalue weighted by Crippen LogP contribution is 2.28. The fraction of sp³-hybridized carbons (Fsp3) is 0.571. The van der Waals surface area contributed by atoms with Crippen LogP contribution < -0.4 is 0 Å². The Balaban J connectivity index is 2.18. The Hall–Kier alpha value is -0.390. The van der Waals surface area contributed by atoms with Gasteiger partial charge in [-0.05, 0) is 49.4 Å². The molecule has 1 aromatic carbocycles. The Bertz CT molecular complexity index is 551. The van der Waals surface area contributed by atoms with Crippen LogP contribution in [0.1, 0.15) is 31.2 Å². The molecule has 0 aromatic heterocycles. The summed E-state index contributed by atoms with van der Waals surface area (Å²) in [4.78, 5) is 0.383. The zero-order chi connectivity index (χ0) is 14.0. The Morgan fingerprint density at radius 2 is 1.95 bits per heavy atom. The smallest absolute Gasteiger partial charge is 0.207 e. The second kappa shape index (κ2) is 5.94. The van der Waals surface area contributed by atoms with E-state index in [-0.39, 0.29) is 0 Å². The molecule has 0 amide bonds. The molecule has 3 nitrogen and oxygen atoms in total. The second-order valence-corrected chi connectivity index (χ2v) is 8.25. The molecule has 1 aromatic rings. The van der Waals surface area contributed by atoms with Crippen molar-refractivity contribution in [3.05, 3.63) is 28.2 Å². The highest BCUT2D eigenvalue weighted by atomic mass is 79.9. The maximum atomic E-state index is 12.5. The zero-order valence-electron chi connectivity index (χ0n) is 11.4. The number of rotatable bonds is 4. The maximum absolute atomic E-state index is 12.5. The summed E-state index contributed by atoms with van der Waals surface area (Å²) >= 11 is 3.40. The first-order valence-electron chi connectivity index (χ1n) is 6.64. The third kappa shape index (κ3) is 3.38. The van der Waals surface area contributed by atoms with Crippen LogP contribution in [0.15, 0.2) is 27.6 Å². The molecule has 5 heteroatoms. The second-order valence-electron chi connectivity index (χ2n) is 5.35. The highest BCUT2D eigenvalue weighted by molar-refractivity contribution is 9.10. The molecule has 1 fully saturated rings. The van der Waals surface area contributed by atoms with Gasteiger partial charge in [-0.3, -0.25) is 0 Å². The van der Waals surface area contributed by atoms with Gasteiger partial charge in [0.2, 0.25) is 10.0 Å². The summed E-state index contributed by atoms with van der Waals surface area (Å²) in [6.45, 7) is 2.54. The molecule has 1 aliphatic carbocycles. The van der Waals surface area contributed by atoms with Crippen molar-refractivity contribution >= 4 is 26.0 Å². The van der Waals surface area contributed by atoms with Crippen LogP contribution >= 0.6 is 15.9 Å². The van der Waals surface area contributed by atoms with Crippen LogP contribution in [0.4, 0.5) is 0 Å². The van der Waals surface area contributed by atoms with E-state index in [9.17, 15) is 8.42 Å². The minimum absolute atomic E-state index is 0.383. The molecule has 2 rings (SSSR count). The third-order valence-electron chi connectivity index (χ3n) is 3.83. The lowest BCUT2D eigenvalue weighted by molar-refractivity contribution is 0.387. The molecule has 0 radical (unpaired) electrons. The molecule has 0 heterocycles. The maximum Gasteiger partial charge on any atom is 0.242 e. The molecular weight excluding hydrogens is 326 g/mol. The summed E-state index contributed by atoms with van der Waals surface area (Å²) in [6, 6.07) is 5.19. The van der Waals surface area contributed by atoms with Crippen LogP contribution in [0, 0.1) is 12.8 Å². The Labute approximate surface area is 124 Å². The topological polar surface area (TPSA) is 37.4 Å². The highest BCUT2D eigenvalue weighted by Gasteiger charge is 2.25. The van der Waals surface area contributed by atoms with Gasteiger partial charge in [0.15, 0.2) is 0 Å². The Morgan fingerprint density at radius 1 is 1.32 bits per heavy atom. The van der Waals surface area contributed by atoms with Gasteiger partial charge < -0.3 is 0 Å². The molecule has 0 saturated heterocycles. The van der Waals surface area contributed by atoms with E-state index in [0.29, 0.717) is 17.4 Å². The van der Waals surface area contributed by atoms with Gasteiger partial charge in [-0.25, -0.2) is 12.7 Å². The molecule has 0 atom stereocenters. The van der Waals surface area contributed by atoms with Gasteiger partial charge in [0.1, 0.15) is 0 Å². The van der Waals surface area contributed by atoms with E-state index in [2.05, 4.69) is 15.9 Å².